The fourth-order valence-electron chi connectivity index (χ4n) is 2.31. The van der Waals surface area contributed by atoms with Crippen LogP contribution in [0.1, 0.15) is 32.3 Å². The van der Waals surface area contributed by atoms with Crippen molar-refractivity contribution in [2.75, 3.05) is 13.2 Å². The van der Waals surface area contributed by atoms with Crippen LogP contribution in [0.5, 0.6) is 5.75 Å². The molecule has 1 atom stereocenters. The predicted octanol–water partition coefficient (Wildman–Crippen LogP) is 2.93. The number of nitrogens with two attached hydrogens (primary N) is 1. The number of rotatable bonds is 7. The Bertz CT molecular complexity index is 503. The maximum Gasteiger partial charge on any atom is 0.227 e. The van der Waals surface area contributed by atoms with E-state index in [0.717, 1.165) is 28.6 Å². The molecule has 116 valence electrons. The van der Waals surface area contributed by atoms with E-state index in [9.17, 15) is 4.79 Å². The first-order valence-electron chi connectivity index (χ1n) is 7.48. The van der Waals surface area contributed by atoms with Crippen molar-refractivity contribution in [2.24, 2.45) is 11.7 Å². The number of nitrogens with zero attached hydrogens (tertiary/aromatic N) is 1. The summed E-state index contributed by atoms with van der Waals surface area (Å²) in [7, 11) is 0. The van der Waals surface area contributed by atoms with Gasteiger partial charge in [-0.2, -0.15) is 0 Å². The van der Waals surface area contributed by atoms with E-state index in [2.05, 4.69) is 15.9 Å². The van der Waals surface area contributed by atoms with E-state index in [0.29, 0.717) is 25.7 Å². The van der Waals surface area contributed by atoms with Crippen molar-refractivity contribution in [1.82, 2.24) is 4.90 Å². The fourth-order valence-corrected chi connectivity index (χ4v) is 2.72. The van der Waals surface area contributed by atoms with Crippen LogP contribution in [0.2, 0.25) is 0 Å². The lowest BCUT2D eigenvalue weighted by Gasteiger charge is -2.26. The number of ether oxygens (including phenoxy) is 1. The van der Waals surface area contributed by atoms with E-state index in [-0.39, 0.29) is 11.8 Å². The van der Waals surface area contributed by atoms with Crippen LogP contribution in [-0.2, 0) is 11.3 Å². The number of carbonyl (C=O) groups excluding carboxylic acids is 1. The zero-order chi connectivity index (χ0) is 15.4. The van der Waals surface area contributed by atoms with Crippen LogP contribution >= 0.6 is 15.9 Å². The molecule has 5 heteroatoms. The zero-order valence-corrected chi connectivity index (χ0v) is 14.2. The normalized spacial score (nSPS) is 15.6. The molecule has 0 heterocycles. The second-order valence-electron chi connectivity index (χ2n) is 5.52. The summed E-state index contributed by atoms with van der Waals surface area (Å²) in [5, 5.41) is 0. The van der Waals surface area contributed by atoms with Crippen molar-refractivity contribution in [3.8, 4) is 5.75 Å². The number of hydrogen-bond acceptors (Lipinski definition) is 3. The molecule has 1 aliphatic carbocycles. The van der Waals surface area contributed by atoms with Gasteiger partial charge in [0.05, 0.1) is 6.61 Å². The molecule has 21 heavy (non-hydrogen) atoms. The van der Waals surface area contributed by atoms with E-state index >= 15 is 0 Å². The third-order valence-corrected chi connectivity index (χ3v) is 4.20. The summed E-state index contributed by atoms with van der Waals surface area (Å²) in [6.45, 7) is 5.45. The minimum Gasteiger partial charge on any atom is -0.494 e. The summed E-state index contributed by atoms with van der Waals surface area (Å²) < 4.78 is 6.67. The van der Waals surface area contributed by atoms with Crippen molar-refractivity contribution < 1.29 is 9.53 Å². The van der Waals surface area contributed by atoms with Crippen LogP contribution < -0.4 is 10.5 Å². The van der Waals surface area contributed by atoms with Crippen LogP contribution in [0.4, 0.5) is 0 Å². The molecule has 0 aromatic heterocycles. The Morgan fingerprint density at radius 1 is 1.52 bits per heavy atom. The van der Waals surface area contributed by atoms with Gasteiger partial charge in [-0.15, -0.1) is 0 Å². The lowest BCUT2D eigenvalue weighted by molar-refractivity contribution is -0.135. The Balaban J connectivity index is 2.20. The molecular weight excluding hydrogens is 332 g/mol. The maximum absolute atomic E-state index is 12.5. The Kier molecular flexibility index (Phi) is 5.65. The second kappa shape index (κ2) is 7.27. The van der Waals surface area contributed by atoms with E-state index < -0.39 is 0 Å². The highest BCUT2D eigenvalue weighted by atomic mass is 79.9. The quantitative estimate of drug-likeness (QED) is 0.818. The third kappa shape index (κ3) is 4.20. The molecule has 1 aromatic rings. The van der Waals surface area contributed by atoms with E-state index in [1.54, 1.807) is 0 Å². The van der Waals surface area contributed by atoms with E-state index in [1.807, 2.05) is 36.9 Å². The van der Waals surface area contributed by atoms with Gasteiger partial charge in [-0.05, 0) is 38.0 Å². The molecule has 0 bridgehead atoms. The lowest BCUT2D eigenvalue weighted by Crippen LogP contribution is -2.39. The lowest BCUT2D eigenvalue weighted by atomic mass is 10.1. The molecule has 1 aliphatic rings. The van der Waals surface area contributed by atoms with Gasteiger partial charge in [-0.3, -0.25) is 4.79 Å². The van der Waals surface area contributed by atoms with Crippen molar-refractivity contribution >= 4 is 21.8 Å². The zero-order valence-electron chi connectivity index (χ0n) is 12.6. The number of carbonyl (C=O) groups is 1. The number of benzene rings is 1. The summed E-state index contributed by atoms with van der Waals surface area (Å²) in [6.07, 6.45) is 2.17. The summed E-state index contributed by atoms with van der Waals surface area (Å²) in [5.74, 6) is 0.857. The Morgan fingerprint density at radius 2 is 2.24 bits per heavy atom. The van der Waals surface area contributed by atoms with Gasteiger partial charge in [0.2, 0.25) is 5.91 Å². The summed E-state index contributed by atoms with van der Waals surface area (Å²) in [5.41, 5.74) is 6.68. The molecule has 1 saturated carbocycles. The van der Waals surface area contributed by atoms with Gasteiger partial charge in [-0.25, -0.2) is 0 Å². The predicted molar refractivity (Wildman–Crippen MR) is 87.1 cm³/mol. The van der Waals surface area contributed by atoms with Crippen LogP contribution in [0.25, 0.3) is 0 Å². The molecule has 4 nitrogen and oxygen atoms in total. The first kappa shape index (κ1) is 16.3. The third-order valence-electron chi connectivity index (χ3n) is 3.71. The SMILES string of the molecule is CCOc1ccc(Br)cc1CN(C(=O)C(C)CN)C1CC1. The standard InChI is InChI=1S/C16H23BrN2O2/c1-3-21-15-7-4-13(17)8-12(15)10-19(14-5-6-14)16(20)11(2)9-18/h4,7-8,11,14H,3,5-6,9-10,18H2,1-2H3. The molecule has 1 unspecified atom stereocenters. The molecule has 1 aromatic carbocycles. The largest absolute Gasteiger partial charge is 0.494 e. The maximum atomic E-state index is 12.5. The monoisotopic (exact) mass is 354 g/mol. The van der Waals surface area contributed by atoms with Gasteiger partial charge < -0.3 is 15.4 Å². The summed E-state index contributed by atoms with van der Waals surface area (Å²) in [4.78, 5) is 14.5. The van der Waals surface area contributed by atoms with Gasteiger partial charge in [0.1, 0.15) is 5.75 Å². The van der Waals surface area contributed by atoms with Crippen LogP contribution in [0.15, 0.2) is 22.7 Å². The van der Waals surface area contributed by atoms with Gasteiger partial charge >= 0.3 is 0 Å². The van der Waals surface area contributed by atoms with Crippen molar-refractivity contribution in [3.63, 3.8) is 0 Å². The average Bonchev–Trinajstić information content (AvgIpc) is 3.30. The summed E-state index contributed by atoms with van der Waals surface area (Å²) >= 11 is 3.49. The van der Waals surface area contributed by atoms with Gasteiger partial charge in [0.25, 0.3) is 0 Å². The van der Waals surface area contributed by atoms with Gasteiger partial charge in [0.15, 0.2) is 0 Å². The first-order valence-corrected chi connectivity index (χ1v) is 8.27. The number of halogens is 1. The van der Waals surface area contributed by atoms with Crippen LogP contribution in [0, 0.1) is 5.92 Å². The minimum absolute atomic E-state index is 0.131. The van der Waals surface area contributed by atoms with Gasteiger partial charge in [0, 0.05) is 35.1 Å². The highest BCUT2D eigenvalue weighted by molar-refractivity contribution is 9.10. The molecular formula is C16H23BrN2O2. The Hall–Kier alpha value is -1.07. The Morgan fingerprint density at radius 3 is 2.81 bits per heavy atom. The smallest absolute Gasteiger partial charge is 0.227 e. The molecule has 2 N–H and O–H groups in total. The van der Waals surface area contributed by atoms with Crippen LogP contribution in [0.3, 0.4) is 0 Å². The molecule has 0 radical (unpaired) electrons. The van der Waals surface area contributed by atoms with Crippen LogP contribution in [-0.4, -0.2) is 30.0 Å². The first-order chi connectivity index (χ1) is 10.1. The number of amides is 1. The minimum atomic E-state index is -0.131. The second-order valence-corrected chi connectivity index (χ2v) is 6.43. The molecule has 0 saturated heterocycles. The average molecular weight is 355 g/mol. The highest BCUT2D eigenvalue weighted by Gasteiger charge is 2.34. The summed E-state index contributed by atoms with van der Waals surface area (Å²) in [6, 6.07) is 6.30. The molecule has 0 spiro atoms. The number of hydrogen-bond donors (Lipinski definition) is 1. The Labute approximate surface area is 134 Å². The molecule has 0 aliphatic heterocycles. The van der Waals surface area contributed by atoms with Crippen molar-refractivity contribution in [3.05, 3.63) is 28.2 Å². The fraction of sp³-hybridized carbons (Fsp3) is 0.562. The molecule has 2 rings (SSSR count). The highest BCUT2D eigenvalue weighted by Crippen LogP contribution is 2.32. The van der Waals surface area contributed by atoms with Crippen molar-refractivity contribution in [2.45, 2.75) is 39.3 Å². The topological polar surface area (TPSA) is 55.6 Å². The molecule has 1 amide bonds. The van der Waals surface area contributed by atoms with E-state index in [4.69, 9.17) is 10.5 Å². The van der Waals surface area contributed by atoms with E-state index in [1.165, 1.54) is 0 Å². The van der Waals surface area contributed by atoms with Crippen molar-refractivity contribution in [1.29, 1.82) is 0 Å². The van der Waals surface area contributed by atoms with Gasteiger partial charge in [-0.1, -0.05) is 22.9 Å². The molecule has 1 fully saturated rings.